The number of carbonyl (C=O) groups is 2. The third kappa shape index (κ3) is 3.40. The lowest BCUT2D eigenvalue weighted by Crippen LogP contribution is -2.52. The van der Waals surface area contributed by atoms with Gasteiger partial charge in [-0.05, 0) is 11.1 Å². The van der Waals surface area contributed by atoms with Crippen LogP contribution in [0.3, 0.4) is 0 Å². The number of fused-ring (bicyclic) bond motifs is 1. The summed E-state index contributed by atoms with van der Waals surface area (Å²) in [6, 6.07) is 7.16. The highest BCUT2D eigenvalue weighted by molar-refractivity contribution is 5.87. The molecule has 2 unspecified atom stereocenters. The van der Waals surface area contributed by atoms with Crippen molar-refractivity contribution in [2.45, 2.75) is 31.5 Å². The number of carbonyl (C=O) groups excluding carboxylic acids is 2. The summed E-state index contributed by atoms with van der Waals surface area (Å²) in [7, 11) is 1.52. The predicted octanol–water partition coefficient (Wildman–Crippen LogP) is -0.211. The summed E-state index contributed by atoms with van der Waals surface area (Å²) in [6.07, 6.45) is 0.263. The molecule has 2 atom stereocenters. The molecule has 0 saturated carbocycles. The van der Waals surface area contributed by atoms with Crippen LogP contribution in [0.25, 0.3) is 0 Å². The van der Waals surface area contributed by atoms with Crippen LogP contribution >= 0.6 is 0 Å². The van der Waals surface area contributed by atoms with E-state index < -0.39 is 11.9 Å². The zero-order valence-corrected chi connectivity index (χ0v) is 12.1. The van der Waals surface area contributed by atoms with Gasteiger partial charge in [-0.25, -0.2) is 0 Å². The van der Waals surface area contributed by atoms with Gasteiger partial charge in [0, 0.05) is 26.6 Å². The molecule has 1 aliphatic heterocycles. The zero-order valence-electron chi connectivity index (χ0n) is 12.1. The van der Waals surface area contributed by atoms with Crippen molar-refractivity contribution in [3.05, 3.63) is 35.4 Å². The van der Waals surface area contributed by atoms with Gasteiger partial charge < -0.3 is 21.1 Å². The number of hydrogen-bond donors (Lipinski definition) is 2. The highest BCUT2D eigenvalue weighted by atomic mass is 16.5. The highest BCUT2D eigenvalue weighted by Crippen LogP contribution is 2.24. The van der Waals surface area contributed by atoms with Crippen molar-refractivity contribution in [1.29, 1.82) is 0 Å². The molecule has 0 spiro atoms. The second-order valence-electron chi connectivity index (χ2n) is 5.21. The van der Waals surface area contributed by atoms with Gasteiger partial charge >= 0.3 is 0 Å². The molecule has 1 aromatic carbocycles. The zero-order chi connectivity index (χ0) is 15.4. The van der Waals surface area contributed by atoms with Crippen LogP contribution in [0.2, 0.25) is 0 Å². The van der Waals surface area contributed by atoms with Crippen LogP contribution in [0.4, 0.5) is 0 Å². The number of primary amides is 1. The van der Waals surface area contributed by atoms with Gasteiger partial charge in [0.1, 0.15) is 6.04 Å². The summed E-state index contributed by atoms with van der Waals surface area (Å²) in [6.45, 7) is 0.650. The first-order valence-corrected chi connectivity index (χ1v) is 6.95. The maximum atomic E-state index is 12.4. The lowest BCUT2D eigenvalue weighted by Gasteiger charge is -2.35. The minimum atomic E-state index is -0.609. The Balaban J connectivity index is 2.20. The van der Waals surface area contributed by atoms with E-state index in [4.69, 9.17) is 16.2 Å². The van der Waals surface area contributed by atoms with Gasteiger partial charge in [-0.3, -0.25) is 9.59 Å². The number of amides is 2. The fourth-order valence-corrected chi connectivity index (χ4v) is 2.61. The van der Waals surface area contributed by atoms with Crippen LogP contribution in [-0.2, 0) is 27.3 Å². The van der Waals surface area contributed by atoms with E-state index in [1.165, 1.54) is 12.0 Å². The van der Waals surface area contributed by atoms with E-state index in [9.17, 15) is 9.59 Å². The third-order valence-electron chi connectivity index (χ3n) is 3.90. The van der Waals surface area contributed by atoms with Gasteiger partial charge in [-0.15, -0.1) is 0 Å². The van der Waals surface area contributed by atoms with Crippen LogP contribution in [0, 0.1) is 0 Å². The third-order valence-corrected chi connectivity index (χ3v) is 3.90. The Morgan fingerprint density at radius 1 is 1.38 bits per heavy atom. The Hall–Kier alpha value is -1.92. The molecule has 114 valence electrons. The Bertz CT molecular complexity index is 529. The maximum Gasteiger partial charge on any atom is 0.240 e. The van der Waals surface area contributed by atoms with Crippen molar-refractivity contribution in [3.8, 4) is 0 Å². The minimum Gasteiger partial charge on any atom is -0.380 e. The van der Waals surface area contributed by atoms with E-state index >= 15 is 0 Å². The standard InChI is InChI=1S/C15H21N3O3/c1-21-12(8-16)7-14(19)18-9-11-5-3-2-4-10(11)6-13(18)15(17)20/h2-5,12-13H,6-9,16H2,1H3,(H2,17,20). The SMILES string of the molecule is COC(CN)CC(=O)N1Cc2ccccc2CC1C(N)=O. The summed E-state index contributed by atoms with van der Waals surface area (Å²) in [5.41, 5.74) is 13.1. The molecular weight excluding hydrogens is 270 g/mol. The Morgan fingerprint density at radius 3 is 2.62 bits per heavy atom. The average Bonchev–Trinajstić information content (AvgIpc) is 2.50. The normalized spacial score (nSPS) is 19.0. The van der Waals surface area contributed by atoms with Crippen molar-refractivity contribution < 1.29 is 14.3 Å². The van der Waals surface area contributed by atoms with Gasteiger partial charge in [-0.2, -0.15) is 0 Å². The Kier molecular flexibility index (Phi) is 4.93. The van der Waals surface area contributed by atoms with Crippen molar-refractivity contribution in [2.75, 3.05) is 13.7 Å². The lowest BCUT2D eigenvalue weighted by molar-refractivity contribution is -0.142. The van der Waals surface area contributed by atoms with E-state index in [0.29, 0.717) is 13.0 Å². The van der Waals surface area contributed by atoms with Crippen LogP contribution in [0.15, 0.2) is 24.3 Å². The molecule has 1 aromatic rings. The summed E-state index contributed by atoms with van der Waals surface area (Å²) >= 11 is 0. The number of ether oxygens (including phenoxy) is 1. The fraction of sp³-hybridized carbons (Fsp3) is 0.467. The molecule has 0 bridgehead atoms. The summed E-state index contributed by atoms with van der Waals surface area (Å²) < 4.78 is 5.14. The molecule has 4 N–H and O–H groups in total. The number of hydrogen-bond acceptors (Lipinski definition) is 4. The molecule has 0 radical (unpaired) electrons. The van der Waals surface area contributed by atoms with Crippen molar-refractivity contribution in [2.24, 2.45) is 11.5 Å². The quantitative estimate of drug-likeness (QED) is 0.784. The summed E-state index contributed by atoms with van der Waals surface area (Å²) in [4.78, 5) is 25.6. The van der Waals surface area contributed by atoms with Gasteiger partial charge in [0.15, 0.2) is 0 Å². The fourth-order valence-electron chi connectivity index (χ4n) is 2.61. The van der Waals surface area contributed by atoms with E-state index in [1.807, 2.05) is 24.3 Å². The van der Waals surface area contributed by atoms with E-state index in [0.717, 1.165) is 11.1 Å². The monoisotopic (exact) mass is 291 g/mol. The predicted molar refractivity (Wildman–Crippen MR) is 78.1 cm³/mol. The van der Waals surface area contributed by atoms with Crippen LogP contribution < -0.4 is 11.5 Å². The average molecular weight is 291 g/mol. The van der Waals surface area contributed by atoms with E-state index in [-0.39, 0.29) is 25.0 Å². The Morgan fingerprint density at radius 2 is 2.05 bits per heavy atom. The van der Waals surface area contributed by atoms with E-state index in [2.05, 4.69) is 0 Å². The molecule has 1 heterocycles. The molecule has 0 saturated heterocycles. The van der Waals surface area contributed by atoms with Crippen molar-refractivity contribution in [3.63, 3.8) is 0 Å². The summed E-state index contributed by atoms with van der Waals surface area (Å²) in [5.74, 6) is -0.648. The first-order valence-electron chi connectivity index (χ1n) is 6.95. The first-order chi connectivity index (χ1) is 10.1. The molecule has 1 aliphatic rings. The second-order valence-corrected chi connectivity index (χ2v) is 5.21. The molecule has 0 aromatic heterocycles. The van der Waals surface area contributed by atoms with E-state index in [1.54, 1.807) is 0 Å². The highest BCUT2D eigenvalue weighted by Gasteiger charge is 2.33. The number of nitrogens with two attached hydrogens (primary N) is 2. The number of methoxy groups -OCH3 is 1. The number of nitrogens with zero attached hydrogens (tertiary/aromatic N) is 1. The largest absolute Gasteiger partial charge is 0.380 e. The maximum absolute atomic E-state index is 12.4. The second kappa shape index (κ2) is 6.69. The topological polar surface area (TPSA) is 98.7 Å². The van der Waals surface area contributed by atoms with Gasteiger partial charge in [0.25, 0.3) is 0 Å². The van der Waals surface area contributed by atoms with Gasteiger partial charge in [0.2, 0.25) is 11.8 Å². The molecule has 2 rings (SSSR count). The molecule has 6 nitrogen and oxygen atoms in total. The molecule has 21 heavy (non-hydrogen) atoms. The molecule has 0 fully saturated rings. The molecule has 0 aliphatic carbocycles. The Labute approximate surface area is 124 Å². The number of rotatable bonds is 5. The van der Waals surface area contributed by atoms with Crippen LogP contribution in [0.5, 0.6) is 0 Å². The number of benzene rings is 1. The van der Waals surface area contributed by atoms with Crippen molar-refractivity contribution >= 4 is 11.8 Å². The smallest absolute Gasteiger partial charge is 0.240 e. The van der Waals surface area contributed by atoms with Gasteiger partial charge in [0.05, 0.1) is 12.5 Å². The minimum absolute atomic E-state index is 0.152. The molecule has 2 amide bonds. The first kappa shape index (κ1) is 15.5. The summed E-state index contributed by atoms with van der Waals surface area (Å²) in [5, 5.41) is 0. The molecule has 6 heteroatoms. The van der Waals surface area contributed by atoms with Gasteiger partial charge in [-0.1, -0.05) is 24.3 Å². The van der Waals surface area contributed by atoms with Crippen molar-refractivity contribution in [1.82, 2.24) is 4.90 Å². The van der Waals surface area contributed by atoms with Crippen LogP contribution in [0.1, 0.15) is 17.5 Å². The lowest BCUT2D eigenvalue weighted by atomic mass is 9.93. The molecular formula is C15H21N3O3. The van der Waals surface area contributed by atoms with Crippen LogP contribution in [-0.4, -0.2) is 42.5 Å².